The van der Waals surface area contributed by atoms with Crippen LogP contribution in [0.5, 0.6) is 5.75 Å². The zero-order valence-electron chi connectivity index (χ0n) is 15.6. The highest BCUT2D eigenvalue weighted by atomic mass is 35.5. The fourth-order valence-electron chi connectivity index (χ4n) is 3.32. The van der Waals surface area contributed by atoms with Crippen molar-refractivity contribution in [3.8, 4) is 5.75 Å². The number of phenols is 1. The van der Waals surface area contributed by atoms with E-state index in [1.54, 1.807) is 30.3 Å². The number of rotatable bonds is 5. The van der Waals surface area contributed by atoms with Gasteiger partial charge in [-0.05, 0) is 42.4 Å². The molecule has 4 rings (SSSR count). The number of phenolic OH excluding ortho intramolecular Hbond substituents is 1. The van der Waals surface area contributed by atoms with Crippen LogP contribution in [0.25, 0.3) is 21.9 Å². The summed E-state index contributed by atoms with van der Waals surface area (Å²) in [6.07, 6.45) is 0. The molecule has 0 saturated heterocycles. The van der Waals surface area contributed by atoms with Crippen LogP contribution >= 0.6 is 11.6 Å². The molecule has 7 nitrogen and oxygen atoms in total. The summed E-state index contributed by atoms with van der Waals surface area (Å²) in [6.45, 7) is 3.47. The van der Waals surface area contributed by atoms with Gasteiger partial charge in [0, 0.05) is 29.1 Å². The molecule has 0 radical (unpaired) electrons. The van der Waals surface area contributed by atoms with Crippen LogP contribution < -0.4 is 11.2 Å². The first-order chi connectivity index (χ1) is 13.9. The summed E-state index contributed by atoms with van der Waals surface area (Å²) in [6, 6.07) is 11.1. The average Bonchev–Trinajstić information content (AvgIpc) is 2.66. The van der Waals surface area contributed by atoms with Crippen LogP contribution in [0.3, 0.4) is 0 Å². The van der Waals surface area contributed by atoms with E-state index in [2.05, 4.69) is 9.97 Å². The molecule has 2 aromatic carbocycles. The third-order valence-electron chi connectivity index (χ3n) is 4.75. The zero-order chi connectivity index (χ0) is 20.5. The summed E-state index contributed by atoms with van der Waals surface area (Å²) < 4.78 is 5.19. The van der Waals surface area contributed by atoms with Crippen LogP contribution in [0.15, 0.2) is 56.5 Å². The first kappa shape index (κ1) is 19.2. The van der Waals surface area contributed by atoms with E-state index >= 15 is 0 Å². The topological polar surface area (TPSA) is 99.4 Å². The van der Waals surface area contributed by atoms with Crippen molar-refractivity contribution in [2.45, 2.75) is 20.0 Å². The average molecular weight is 412 g/mol. The van der Waals surface area contributed by atoms with Crippen LogP contribution in [-0.4, -0.2) is 26.5 Å². The predicted octanol–water partition coefficient (Wildman–Crippen LogP) is 3.41. The Labute approximate surface area is 170 Å². The lowest BCUT2D eigenvalue weighted by Crippen LogP contribution is -2.26. The summed E-state index contributed by atoms with van der Waals surface area (Å²) in [4.78, 5) is 33.7. The Morgan fingerprint density at radius 2 is 1.90 bits per heavy atom. The lowest BCUT2D eigenvalue weighted by atomic mass is 10.1. The molecule has 2 heterocycles. The van der Waals surface area contributed by atoms with Crippen molar-refractivity contribution in [3.05, 3.63) is 79.6 Å². The largest absolute Gasteiger partial charge is 0.508 e. The standard InChI is InChI=1S/C21H18ClN3O4/c1-2-25(10-12-7-20(27)29-18-9-14(26)4-6-15(12)18)11-19-23-17-8-13(22)3-5-16(17)21(28)24-19/h3-9,26H,2,10-11H2,1H3,(H,23,24,28). The minimum absolute atomic E-state index is 0.0294. The molecule has 4 aromatic rings. The molecule has 0 spiro atoms. The maximum Gasteiger partial charge on any atom is 0.336 e. The quantitative estimate of drug-likeness (QED) is 0.488. The highest BCUT2D eigenvalue weighted by Gasteiger charge is 2.13. The van der Waals surface area contributed by atoms with E-state index in [4.69, 9.17) is 16.0 Å². The molecular formula is C21H18ClN3O4. The van der Waals surface area contributed by atoms with Crippen molar-refractivity contribution in [3.63, 3.8) is 0 Å². The second kappa shape index (κ2) is 7.69. The number of halogens is 1. The van der Waals surface area contributed by atoms with E-state index in [1.807, 2.05) is 11.8 Å². The Bertz CT molecular complexity index is 1330. The molecule has 0 atom stereocenters. The first-order valence-corrected chi connectivity index (χ1v) is 9.47. The Balaban J connectivity index is 1.67. The Morgan fingerprint density at radius 3 is 2.69 bits per heavy atom. The summed E-state index contributed by atoms with van der Waals surface area (Å²) in [5, 5.41) is 11.4. The predicted molar refractivity (Wildman–Crippen MR) is 111 cm³/mol. The second-order valence-electron chi connectivity index (χ2n) is 6.75. The van der Waals surface area contributed by atoms with Gasteiger partial charge in [0.05, 0.1) is 17.4 Å². The lowest BCUT2D eigenvalue weighted by molar-refractivity contribution is 0.265. The van der Waals surface area contributed by atoms with Gasteiger partial charge in [-0.2, -0.15) is 0 Å². The van der Waals surface area contributed by atoms with Gasteiger partial charge in [0.15, 0.2) is 0 Å². The maximum atomic E-state index is 12.4. The molecular weight excluding hydrogens is 394 g/mol. The van der Waals surface area contributed by atoms with Crippen LogP contribution in [0.1, 0.15) is 18.3 Å². The van der Waals surface area contributed by atoms with Crippen molar-refractivity contribution >= 4 is 33.5 Å². The van der Waals surface area contributed by atoms with E-state index < -0.39 is 5.63 Å². The maximum absolute atomic E-state index is 12.4. The molecule has 0 aliphatic rings. The molecule has 0 saturated carbocycles. The number of nitrogens with one attached hydrogen (secondary N) is 1. The highest BCUT2D eigenvalue weighted by molar-refractivity contribution is 6.31. The van der Waals surface area contributed by atoms with Crippen molar-refractivity contribution in [1.29, 1.82) is 0 Å². The van der Waals surface area contributed by atoms with E-state index in [1.165, 1.54) is 12.1 Å². The van der Waals surface area contributed by atoms with Crippen LogP contribution in [-0.2, 0) is 13.1 Å². The molecule has 2 aromatic heterocycles. The molecule has 0 aliphatic carbocycles. The van der Waals surface area contributed by atoms with Crippen molar-refractivity contribution < 1.29 is 9.52 Å². The van der Waals surface area contributed by atoms with Crippen LogP contribution in [0.2, 0.25) is 5.02 Å². The molecule has 0 aliphatic heterocycles. The fourth-order valence-corrected chi connectivity index (χ4v) is 3.48. The normalized spacial score (nSPS) is 11.6. The summed E-state index contributed by atoms with van der Waals surface area (Å²) in [5.74, 6) is 0.540. The summed E-state index contributed by atoms with van der Waals surface area (Å²) >= 11 is 6.03. The minimum atomic E-state index is -0.485. The van der Waals surface area contributed by atoms with Gasteiger partial charge < -0.3 is 14.5 Å². The number of aromatic amines is 1. The number of aromatic hydroxyl groups is 1. The molecule has 0 amide bonds. The van der Waals surface area contributed by atoms with Gasteiger partial charge in [0.2, 0.25) is 0 Å². The SMILES string of the molecule is CCN(Cc1nc2cc(Cl)ccc2c(=O)[nH]1)Cc1cc(=O)oc2cc(O)ccc12. The zero-order valence-corrected chi connectivity index (χ0v) is 16.4. The summed E-state index contributed by atoms with van der Waals surface area (Å²) in [5.41, 5.74) is 0.924. The van der Waals surface area contributed by atoms with Crippen molar-refractivity contribution in [2.75, 3.05) is 6.54 Å². The number of aromatic nitrogens is 2. The number of H-pyrrole nitrogens is 1. The molecule has 29 heavy (non-hydrogen) atoms. The van der Waals surface area contributed by atoms with Crippen LogP contribution in [0.4, 0.5) is 0 Å². The molecule has 148 valence electrons. The van der Waals surface area contributed by atoms with Gasteiger partial charge in [-0.15, -0.1) is 0 Å². The van der Waals surface area contributed by atoms with Gasteiger partial charge in [-0.25, -0.2) is 9.78 Å². The second-order valence-corrected chi connectivity index (χ2v) is 7.18. The molecule has 0 bridgehead atoms. The van der Waals surface area contributed by atoms with Crippen LogP contribution in [0, 0.1) is 0 Å². The lowest BCUT2D eigenvalue weighted by Gasteiger charge is -2.20. The van der Waals surface area contributed by atoms with E-state index in [-0.39, 0.29) is 11.3 Å². The van der Waals surface area contributed by atoms with Gasteiger partial charge in [-0.1, -0.05) is 18.5 Å². The van der Waals surface area contributed by atoms with E-state index in [9.17, 15) is 14.7 Å². The third-order valence-corrected chi connectivity index (χ3v) is 4.98. The van der Waals surface area contributed by atoms with E-state index in [0.717, 1.165) is 10.9 Å². The van der Waals surface area contributed by atoms with Gasteiger partial charge >= 0.3 is 5.63 Å². The number of nitrogens with zero attached hydrogens (tertiary/aromatic N) is 2. The smallest absolute Gasteiger partial charge is 0.336 e. The van der Waals surface area contributed by atoms with E-state index in [0.29, 0.717) is 47.0 Å². The minimum Gasteiger partial charge on any atom is -0.508 e. The molecule has 2 N–H and O–H groups in total. The molecule has 0 fully saturated rings. The van der Waals surface area contributed by atoms with Crippen molar-refractivity contribution in [1.82, 2.24) is 14.9 Å². The Morgan fingerprint density at radius 1 is 1.10 bits per heavy atom. The Kier molecular flexibility index (Phi) is 5.08. The fraction of sp³-hybridized carbons (Fsp3) is 0.190. The number of benzene rings is 2. The number of hydrogen-bond acceptors (Lipinski definition) is 6. The molecule has 0 unspecified atom stereocenters. The van der Waals surface area contributed by atoms with Gasteiger partial charge in [-0.3, -0.25) is 9.69 Å². The Hall–Kier alpha value is -3.16. The third kappa shape index (κ3) is 4.01. The molecule has 8 heteroatoms. The first-order valence-electron chi connectivity index (χ1n) is 9.09. The monoisotopic (exact) mass is 411 g/mol. The summed E-state index contributed by atoms with van der Waals surface area (Å²) in [7, 11) is 0. The number of hydrogen-bond donors (Lipinski definition) is 2. The van der Waals surface area contributed by atoms with Gasteiger partial charge in [0.1, 0.15) is 17.2 Å². The number of fused-ring (bicyclic) bond motifs is 2. The van der Waals surface area contributed by atoms with Gasteiger partial charge in [0.25, 0.3) is 5.56 Å². The van der Waals surface area contributed by atoms with Crippen molar-refractivity contribution in [2.24, 2.45) is 0 Å². The highest BCUT2D eigenvalue weighted by Crippen LogP contribution is 2.23.